The van der Waals surface area contributed by atoms with Gasteiger partial charge in [-0.05, 0) is 37.1 Å². The number of rotatable bonds is 5. The van der Waals surface area contributed by atoms with E-state index < -0.39 is 5.54 Å². The van der Waals surface area contributed by atoms with E-state index in [0.717, 1.165) is 11.1 Å². The van der Waals surface area contributed by atoms with Crippen LogP contribution in [0.1, 0.15) is 30.4 Å². The molecule has 0 spiro atoms. The Kier molecular flexibility index (Phi) is 5.52. The van der Waals surface area contributed by atoms with Crippen LogP contribution in [0.4, 0.5) is 5.69 Å². The topological polar surface area (TPSA) is 105 Å². The van der Waals surface area contributed by atoms with Crippen molar-refractivity contribution in [3.05, 3.63) is 54.5 Å². The highest BCUT2D eigenvalue weighted by atomic mass is 16.5. The highest BCUT2D eigenvalue weighted by Crippen LogP contribution is 2.28. The van der Waals surface area contributed by atoms with Crippen LogP contribution in [-0.4, -0.2) is 51.7 Å². The molecule has 1 fully saturated rings. The average molecular weight is 408 g/mol. The molecule has 156 valence electrons. The lowest BCUT2D eigenvalue weighted by Crippen LogP contribution is -2.54. The molecule has 0 saturated carbocycles. The number of aliphatic hydroxyl groups excluding tert-OH is 1. The second kappa shape index (κ2) is 8.25. The average Bonchev–Trinajstić information content (AvgIpc) is 3.14. The van der Waals surface area contributed by atoms with E-state index in [0.29, 0.717) is 37.4 Å². The van der Waals surface area contributed by atoms with E-state index >= 15 is 0 Å². The number of anilines is 1. The largest absolute Gasteiger partial charge is 0.394 e. The number of ether oxygens (including phenoxy) is 1. The maximum Gasteiger partial charge on any atom is 0.288 e. The highest BCUT2D eigenvalue weighted by molar-refractivity contribution is 5.95. The Hall–Kier alpha value is -3.23. The number of pyridine rings is 1. The zero-order valence-electron chi connectivity index (χ0n) is 16.7. The van der Waals surface area contributed by atoms with E-state index in [1.165, 1.54) is 6.92 Å². The Morgan fingerprint density at radius 2 is 2.00 bits per heavy atom. The third-order valence-electron chi connectivity index (χ3n) is 5.34. The number of benzene rings is 1. The van der Waals surface area contributed by atoms with Crippen LogP contribution in [0.2, 0.25) is 0 Å². The minimum atomic E-state index is -0.707. The van der Waals surface area contributed by atoms with Gasteiger partial charge in [0.05, 0.1) is 23.4 Å². The molecule has 1 aliphatic heterocycles. The fourth-order valence-electron chi connectivity index (χ4n) is 3.74. The monoisotopic (exact) mass is 408 g/mol. The molecule has 1 aromatic carbocycles. The van der Waals surface area contributed by atoms with Gasteiger partial charge in [-0.25, -0.2) is 4.98 Å². The summed E-state index contributed by atoms with van der Waals surface area (Å²) >= 11 is 0. The third-order valence-corrected chi connectivity index (χ3v) is 5.34. The number of hydrogen-bond donors (Lipinski definition) is 3. The minimum absolute atomic E-state index is 0.156. The number of fused-ring (bicyclic) bond motifs is 1. The molecule has 3 aromatic rings. The molecule has 0 aliphatic carbocycles. The van der Waals surface area contributed by atoms with Crippen molar-refractivity contribution in [1.82, 2.24) is 14.7 Å². The standard InChI is InChI=1S/C22H24N4O4/c1-15(28)23-17-6-4-5-16(13-17)19-18-7-2-3-10-26(18)20(24-19)21(29)25-22(14-27)8-11-30-12-9-22/h2-7,10,13,27H,8-9,11-12,14H2,1H3,(H,23,28)(H,25,29). The molecule has 2 aromatic heterocycles. The van der Waals surface area contributed by atoms with Gasteiger partial charge in [-0.1, -0.05) is 18.2 Å². The predicted molar refractivity (Wildman–Crippen MR) is 112 cm³/mol. The van der Waals surface area contributed by atoms with Crippen LogP contribution in [0.15, 0.2) is 48.7 Å². The number of imidazole rings is 1. The normalized spacial score (nSPS) is 15.7. The minimum Gasteiger partial charge on any atom is -0.394 e. The summed E-state index contributed by atoms with van der Waals surface area (Å²) in [4.78, 5) is 29.2. The van der Waals surface area contributed by atoms with E-state index in [1.54, 1.807) is 16.7 Å². The summed E-state index contributed by atoms with van der Waals surface area (Å²) in [6, 6.07) is 12.9. The SMILES string of the molecule is CC(=O)Nc1cccc(-c2nc(C(=O)NC3(CO)CCOCC3)n3ccccc23)c1. The smallest absolute Gasteiger partial charge is 0.288 e. The van der Waals surface area contributed by atoms with Crippen LogP contribution in [0.5, 0.6) is 0 Å². The summed E-state index contributed by atoms with van der Waals surface area (Å²) in [6.45, 7) is 2.28. The Labute approximate surface area is 173 Å². The van der Waals surface area contributed by atoms with Gasteiger partial charge in [-0.3, -0.25) is 14.0 Å². The van der Waals surface area contributed by atoms with Gasteiger partial charge < -0.3 is 20.5 Å². The van der Waals surface area contributed by atoms with E-state index in [9.17, 15) is 14.7 Å². The molecular weight excluding hydrogens is 384 g/mol. The number of aromatic nitrogens is 2. The van der Waals surface area contributed by atoms with Gasteiger partial charge in [-0.15, -0.1) is 0 Å². The molecule has 1 aliphatic rings. The van der Waals surface area contributed by atoms with Crippen LogP contribution in [0, 0.1) is 0 Å². The van der Waals surface area contributed by atoms with Crippen molar-refractivity contribution in [3.8, 4) is 11.3 Å². The van der Waals surface area contributed by atoms with Crippen molar-refractivity contribution in [1.29, 1.82) is 0 Å². The number of carbonyl (C=O) groups is 2. The number of hydrogen-bond acceptors (Lipinski definition) is 5. The van der Waals surface area contributed by atoms with Crippen molar-refractivity contribution in [2.24, 2.45) is 0 Å². The molecule has 2 amide bonds. The first-order chi connectivity index (χ1) is 14.5. The molecule has 0 bridgehead atoms. The lowest BCUT2D eigenvalue weighted by molar-refractivity contribution is -0.114. The first kappa shape index (κ1) is 20.1. The molecule has 0 unspecified atom stereocenters. The second-order valence-corrected chi connectivity index (χ2v) is 7.51. The van der Waals surface area contributed by atoms with E-state index in [-0.39, 0.29) is 24.2 Å². The van der Waals surface area contributed by atoms with Crippen molar-refractivity contribution in [2.45, 2.75) is 25.3 Å². The van der Waals surface area contributed by atoms with Crippen molar-refractivity contribution in [3.63, 3.8) is 0 Å². The Bertz CT molecular complexity index is 1090. The maximum atomic E-state index is 13.1. The molecule has 8 heteroatoms. The number of nitrogens with zero attached hydrogens (tertiary/aromatic N) is 2. The molecule has 3 N–H and O–H groups in total. The van der Waals surface area contributed by atoms with Gasteiger partial charge in [-0.2, -0.15) is 0 Å². The van der Waals surface area contributed by atoms with Gasteiger partial charge in [0.15, 0.2) is 0 Å². The summed E-state index contributed by atoms with van der Waals surface area (Å²) in [5.74, 6) is -0.269. The zero-order chi connectivity index (χ0) is 21.1. The third kappa shape index (κ3) is 3.92. The summed E-state index contributed by atoms with van der Waals surface area (Å²) in [5, 5.41) is 15.7. The zero-order valence-corrected chi connectivity index (χ0v) is 16.7. The molecule has 0 radical (unpaired) electrons. The van der Waals surface area contributed by atoms with Crippen LogP contribution in [0.25, 0.3) is 16.8 Å². The quantitative estimate of drug-likeness (QED) is 0.601. The van der Waals surface area contributed by atoms with Gasteiger partial charge in [0.25, 0.3) is 5.91 Å². The number of carbonyl (C=O) groups excluding carboxylic acids is 2. The first-order valence-corrected chi connectivity index (χ1v) is 9.88. The van der Waals surface area contributed by atoms with Crippen LogP contribution in [0.3, 0.4) is 0 Å². The second-order valence-electron chi connectivity index (χ2n) is 7.51. The molecule has 3 heterocycles. The van der Waals surface area contributed by atoms with Crippen LogP contribution in [-0.2, 0) is 9.53 Å². The van der Waals surface area contributed by atoms with Crippen molar-refractivity contribution >= 4 is 23.0 Å². The van der Waals surface area contributed by atoms with Gasteiger partial charge in [0, 0.05) is 37.6 Å². The number of aliphatic hydroxyl groups is 1. The van der Waals surface area contributed by atoms with Crippen molar-refractivity contribution in [2.75, 3.05) is 25.1 Å². The lowest BCUT2D eigenvalue weighted by Gasteiger charge is -2.36. The molecule has 0 atom stereocenters. The molecule has 30 heavy (non-hydrogen) atoms. The molecular formula is C22H24N4O4. The molecule has 1 saturated heterocycles. The fourth-order valence-corrected chi connectivity index (χ4v) is 3.74. The van der Waals surface area contributed by atoms with E-state index in [4.69, 9.17) is 4.74 Å². The van der Waals surface area contributed by atoms with Gasteiger partial charge in [0.1, 0.15) is 0 Å². The highest BCUT2D eigenvalue weighted by Gasteiger charge is 2.35. The molecule has 4 rings (SSSR count). The van der Waals surface area contributed by atoms with Gasteiger partial charge >= 0.3 is 0 Å². The Balaban J connectivity index is 1.72. The van der Waals surface area contributed by atoms with Crippen LogP contribution >= 0.6 is 0 Å². The summed E-state index contributed by atoms with van der Waals surface area (Å²) in [5.41, 5.74) is 2.14. The maximum absolute atomic E-state index is 13.1. The Morgan fingerprint density at radius 3 is 2.73 bits per heavy atom. The summed E-state index contributed by atoms with van der Waals surface area (Å²) in [7, 11) is 0. The first-order valence-electron chi connectivity index (χ1n) is 9.88. The van der Waals surface area contributed by atoms with Crippen LogP contribution < -0.4 is 10.6 Å². The predicted octanol–water partition coefficient (Wildman–Crippen LogP) is 2.23. The summed E-state index contributed by atoms with van der Waals surface area (Å²) < 4.78 is 7.11. The van der Waals surface area contributed by atoms with E-state index in [1.807, 2.05) is 36.4 Å². The fraction of sp³-hybridized carbons (Fsp3) is 0.318. The van der Waals surface area contributed by atoms with Gasteiger partial charge in [0.2, 0.25) is 11.7 Å². The molecule has 8 nitrogen and oxygen atoms in total. The van der Waals surface area contributed by atoms with Crippen molar-refractivity contribution < 1.29 is 19.4 Å². The summed E-state index contributed by atoms with van der Waals surface area (Å²) in [6.07, 6.45) is 2.88. The number of nitrogens with one attached hydrogen (secondary N) is 2. The Morgan fingerprint density at radius 1 is 1.20 bits per heavy atom. The number of amides is 2. The lowest BCUT2D eigenvalue weighted by atomic mass is 9.91. The van der Waals surface area contributed by atoms with E-state index in [2.05, 4.69) is 15.6 Å².